The first-order valence-electron chi connectivity index (χ1n) is 9.24. The number of hydrogen-bond donors (Lipinski definition) is 2. The van der Waals surface area contributed by atoms with Crippen molar-refractivity contribution in [2.45, 2.75) is 44.6 Å². The van der Waals surface area contributed by atoms with Crippen LogP contribution in [0.2, 0.25) is 0 Å². The van der Waals surface area contributed by atoms with Crippen molar-refractivity contribution in [3.05, 3.63) is 50.8 Å². The van der Waals surface area contributed by atoms with Crippen molar-refractivity contribution in [2.24, 2.45) is 5.92 Å². The van der Waals surface area contributed by atoms with Gasteiger partial charge in [-0.3, -0.25) is 14.6 Å². The van der Waals surface area contributed by atoms with Gasteiger partial charge in [0.1, 0.15) is 11.4 Å². The van der Waals surface area contributed by atoms with Gasteiger partial charge in [-0.25, -0.2) is 9.78 Å². The van der Waals surface area contributed by atoms with E-state index >= 15 is 0 Å². The molecule has 1 aliphatic carbocycles. The SMILES string of the molecule is O=C(c1c[nH]c(=O)[nH]c1=O)N1CCC[C@@H](c2nccn2CC2CCC2)C1. The van der Waals surface area contributed by atoms with Crippen molar-refractivity contribution in [3.8, 4) is 0 Å². The summed E-state index contributed by atoms with van der Waals surface area (Å²) in [5, 5.41) is 0. The van der Waals surface area contributed by atoms with E-state index in [1.807, 2.05) is 12.4 Å². The monoisotopic (exact) mass is 357 g/mol. The summed E-state index contributed by atoms with van der Waals surface area (Å²) in [6.45, 7) is 2.15. The predicted molar refractivity (Wildman–Crippen MR) is 95.1 cm³/mol. The first-order chi connectivity index (χ1) is 12.6. The maximum Gasteiger partial charge on any atom is 0.325 e. The predicted octanol–water partition coefficient (Wildman–Crippen LogP) is 1.08. The molecule has 4 rings (SSSR count). The summed E-state index contributed by atoms with van der Waals surface area (Å²) >= 11 is 0. The molecule has 8 nitrogen and oxygen atoms in total. The van der Waals surface area contributed by atoms with Crippen LogP contribution in [-0.2, 0) is 6.54 Å². The molecular formula is C18H23N5O3. The Morgan fingerprint density at radius 1 is 1.23 bits per heavy atom. The van der Waals surface area contributed by atoms with Gasteiger partial charge in [0.2, 0.25) is 0 Å². The van der Waals surface area contributed by atoms with Gasteiger partial charge >= 0.3 is 5.69 Å². The summed E-state index contributed by atoms with van der Waals surface area (Å²) in [4.78, 5) is 46.5. The lowest BCUT2D eigenvalue weighted by molar-refractivity contribution is 0.0700. The maximum atomic E-state index is 12.7. The lowest BCUT2D eigenvalue weighted by Crippen LogP contribution is -2.42. The van der Waals surface area contributed by atoms with Gasteiger partial charge in [0.05, 0.1) is 0 Å². The second-order valence-electron chi connectivity index (χ2n) is 7.31. The zero-order valence-corrected chi connectivity index (χ0v) is 14.6. The molecule has 0 bridgehead atoms. The Kier molecular flexibility index (Phi) is 4.48. The summed E-state index contributed by atoms with van der Waals surface area (Å²) in [5.74, 6) is 1.60. The topological polar surface area (TPSA) is 104 Å². The van der Waals surface area contributed by atoms with Gasteiger partial charge in [0, 0.05) is 44.1 Å². The Balaban J connectivity index is 1.51. The zero-order chi connectivity index (χ0) is 18.1. The lowest BCUT2D eigenvalue weighted by Gasteiger charge is -2.33. The van der Waals surface area contributed by atoms with Gasteiger partial charge < -0.3 is 14.5 Å². The molecule has 2 fully saturated rings. The van der Waals surface area contributed by atoms with Crippen LogP contribution in [0.1, 0.15) is 54.2 Å². The van der Waals surface area contributed by atoms with Crippen LogP contribution in [0.25, 0.3) is 0 Å². The van der Waals surface area contributed by atoms with Crippen LogP contribution in [0.15, 0.2) is 28.2 Å². The van der Waals surface area contributed by atoms with Crippen molar-refractivity contribution in [2.75, 3.05) is 13.1 Å². The second-order valence-corrected chi connectivity index (χ2v) is 7.31. The van der Waals surface area contributed by atoms with Crippen LogP contribution in [0.3, 0.4) is 0 Å². The lowest BCUT2D eigenvalue weighted by atomic mass is 9.85. The maximum absolute atomic E-state index is 12.7. The van der Waals surface area contributed by atoms with E-state index in [-0.39, 0.29) is 17.4 Å². The van der Waals surface area contributed by atoms with Gasteiger partial charge in [-0.1, -0.05) is 6.42 Å². The normalized spacial score (nSPS) is 20.8. The molecule has 3 heterocycles. The number of likely N-dealkylation sites (tertiary alicyclic amines) is 1. The molecule has 1 saturated heterocycles. The number of carbonyl (C=O) groups is 1. The third-order valence-electron chi connectivity index (χ3n) is 5.55. The quantitative estimate of drug-likeness (QED) is 0.854. The molecule has 2 aromatic heterocycles. The molecule has 26 heavy (non-hydrogen) atoms. The molecule has 2 N–H and O–H groups in total. The fraction of sp³-hybridized carbons (Fsp3) is 0.556. The zero-order valence-electron chi connectivity index (χ0n) is 14.6. The average molecular weight is 357 g/mol. The van der Waals surface area contributed by atoms with Crippen molar-refractivity contribution in [1.29, 1.82) is 0 Å². The van der Waals surface area contributed by atoms with E-state index in [4.69, 9.17) is 0 Å². The number of carbonyl (C=O) groups excluding carboxylic acids is 1. The molecule has 8 heteroatoms. The highest BCUT2D eigenvalue weighted by molar-refractivity contribution is 5.93. The molecule has 1 amide bonds. The molecule has 1 aliphatic heterocycles. The van der Waals surface area contributed by atoms with Crippen molar-refractivity contribution < 1.29 is 4.79 Å². The number of rotatable bonds is 4. The van der Waals surface area contributed by atoms with Gasteiger partial charge in [-0.05, 0) is 31.6 Å². The first-order valence-corrected chi connectivity index (χ1v) is 9.24. The van der Waals surface area contributed by atoms with Gasteiger partial charge in [-0.15, -0.1) is 0 Å². The van der Waals surface area contributed by atoms with Crippen LogP contribution >= 0.6 is 0 Å². The fourth-order valence-electron chi connectivity index (χ4n) is 3.90. The first kappa shape index (κ1) is 16.8. The summed E-state index contributed by atoms with van der Waals surface area (Å²) in [6, 6.07) is 0. The Labute approximate surface area is 150 Å². The Hall–Kier alpha value is -2.64. The molecule has 138 valence electrons. The minimum Gasteiger partial charge on any atom is -0.338 e. The molecule has 0 aromatic carbocycles. The summed E-state index contributed by atoms with van der Waals surface area (Å²) in [5.41, 5.74) is -1.28. The molecular weight excluding hydrogens is 334 g/mol. The van der Waals surface area contributed by atoms with Crippen molar-refractivity contribution in [3.63, 3.8) is 0 Å². The highest BCUT2D eigenvalue weighted by atomic mass is 16.2. The van der Waals surface area contributed by atoms with Crippen molar-refractivity contribution in [1.82, 2.24) is 24.4 Å². The number of piperidine rings is 1. The van der Waals surface area contributed by atoms with E-state index in [1.54, 1.807) is 4.90 Å². The van der Waals surface area contributed by atoms with Crippen LogP contribution in [0, 0.1) is 5.92 Å². The van der Waals surface area contributed by atoms with Crippen LogP contribution in [0.5, 0.6) is 0 Å². The highest BCUT2D eigenvalue weighted by Crippen LogP contribution is 2.31. The third-order valence-corrected chi connectivity index (χ3v) is 5.55. The summed E-state index contributed by atoms with van der Waals surface area (Å²) in [7, 11) is 0. The van der Waals surface area contributed by atoms with Gasteiger partial charge in [0.15, 0.2) is 0 Å². The molecule has 2 aliphatic rings. The smallest absolute Gasteiger partial charge is 0.325 e. The van der Waals surface area contributed by atoms with E-state index in [9.17, 15) is 14.4 Å². The van der Waals surface area contributed by atoms with E-state index in [2.05, 4.69) is 19.5 Å². The van der Waals surface area contributed by atoms with Crippen LogP contribution in [0.4, 0.5) is 0 Å². The second kappa shape index (κ2) is 6.93. The molecule has 1 atom stereocenters. The molecule has 0 spiro atoms. The molecule has 2 aromatic rings. The number of nitrogens with one attached hydrogen (secondary N) is 2. The van der Waals surface area contributed by atoms with Gasteiger partial charge in [-0.2, -0.15) is 0 Å². The van der Waals surface area contributed by atoms with Crippen molar-refractivity contribution >= 4 is 5.91 Å². The third kappa shape index (κ3) is 3.23. The average Bonchev–Trinajstić information content (AvgIpc) is 3.06. The van der Waals surface area contributed by atoms with Crippen LogP contribution < -0.4 is 11.2 Å². The van der Waals surface area contributed by atoms with E-state index in [0.29, 0.717) is 13.1 Å². The number of amides is 1. The number of hydrogen-bond acceptors (Lipinski definition) is 4. The molecule has 1 saturated carbocycles. The number of aromatic nitrogens is 4. The Morgan fingerprint density at radius 3 is 2.81 bits per heavy atom. The Morgan fingerprint density at radius 2 is 2.08 bits per heavy atom. The minimum absolute atomic E-state index is 0.0249. The minimum atomic E-state index is -0.646. The molecule has 0 radical (unpaired) electrons. The van der Waals surface area contributed by atoms with Crippen LogP contribution in [-0.4, -0.2) is 43.4 Å². The van der Waals surface area contributed by atoms with E-state index in [0.717, 1.165) is 31.1 Å². The number of nitrogens with zero attached hydrogens (tertiary/aromatic N) is 3. The number of imidazole rings is 1. The summed E-state index contributed by atoms with van der Waals surface area (Å²) < 4.78 is 2.23. The number of aromatic amines is 2. The molecule has 0 unspecified atom stereocenters. The number of H-pyrrole nitrogens is 2. The fourth-order valence-corrected chi connectivity index (χ4v) is 3.90. The highest BCUT2D eigenvalue weighted by Gasteiger charge is 2.30. The standard InChI is InChI=1S/C18H23N5O3/c24-16-14(9-20-18(26)21-16)17(25)23-7-2-5-13(11-23)15-19-6-8-22(15)10-12-3-1-4-12/h6,8-9,12-13H,1-5,7,10-11H2,(H2,20,21,24,26)/t13-/m1/s1. The van der Waals surface area contributed by atoms with E-state index < -0.39 is 11.2 Å². The van der Waals surface area contributed by atoms with Gasteiger partial charge in [0.25, 0.3) is 11.5 Å². The Bertz CT molecular complexity index is 908. The summed E-state index contributed by atoms with van der Waals surface area (Å²) in [6.07, 6.45) is 10.8. The largest absolute Gasteiger partial charge is 0.338 e. The van der Waals surface area contributed by atoms with E-state index in [1.165, 1.54) is 25.5 Å².